The zero-order valence-electron chi connectivity index (χ0n) is 12.3. The van der Waals surface area contributed by atoms with Gasteiger partial charge in [0.1, 0.15) is 0 Å². The lowest BCUT2D eigenvalue weighted by atomic mass is 9.97. The van der Waals surface area contributed by atoms with Crippen LogP contribution in [0.25, 0.3) is 21.2 Å². The lowest BCUT2D eigenvalue weighted by Crippen LogP contribution is -2.00. The third kappa shape index (κ3) is 2.34. The number of ether oxygens (including phenoxy) is 1. The van der Waals surface area contributed by atoms with Crippen molar-refractivity contribution in [3.05, 3.63) is 58.5 Å². The second-order valence-corrected chi connectivity index (χ2v) is 6.31. The maximum absolute atomic E-state index is 11.8. The van der Waals surface area contributed by atoms with Gasteiger partial charge in [-0.2, -0.15) is 0 Å². The van der Waals surface area contributed by atoms with Crippen molar-refractivity contribution in [2.45, 2.75) is 13.8 Å². The molecule has 0 bridgehead atoms. The van der Waals surface area contributed by atoms with E-state index in [1.54, 1.807) is 11.3 Å². The van der Waals surface area contributed by atoms with E-state index in [1.165, 1.54) is 33.4 Å². The lowest BCUT2D eigenvalue weighted by molar-refractivity contribution is 0.0601. The van der Waals surface area contributed by atoms with Crippen molar-refractivity contribution in [1.82, 2.24) is 0 Å². The van der Waals surface area contributed by atoms with Crippen LogP contribution < -0.4 is 0 Å². The second kappa shape index (κ2) is 5.34. The van der Waals surface area contributed by atoms with Crippen molar-refractivity contribution in [2.24, 2.45) is 0 Å². The Bertz CT molecular complexity index is 830. The summed E-state index contributed by atoms with van der Waals surface area (Å²) in [5, 5.41) is 1.12. The van der Waals surface area contributed by atoms with Crippen LogP contribution >= 0.6 is 11.3 Å². The van der Waals surface area contributed by atoms with E-state index in [2.05, 4.69) is 32.0 Å². The van der Waals surface area contributed by atoms with Crippen LogP contribution in [0.15, 0.2) is 42.5 Å². The van der Waals surface area contributed by atoms with Crippen molar-refractivity contribution >= 4 is 27.4 Å². The number of aryl methyl sites for hydroxylation is 2. The molecule has 3 rings (SSSR count). The quantitative estimate of drug-likeness (QED) is 0.624. The fourth-order valence-electron chi connectivity index (χ4n) is 2.65. The van der Waals surface area contributed by atoms with E-state index < -0.39 is 0 Å². The average Bonchev–Trinajstić information content (AvgIpc) is 2.82. The van der Waals surface area contributed by atoms with Crippen LogP contribution in [-0.2, 0) is 4.74 Å². The Morgan fingerprint density at radius 1 is 1.10 bits per heavy atom. The van der Waals surface area contributed by atoms with Gasteiger partial charge in [-0.25, -0.2) is 4.79 Å². The third-order valence-electron chi connectivity index (χ3n) is 3.70. The summed E-state index contributed by atoms with van der Waals surface area (Å²) in [6.07, 6.45) is 0. The van der Waals surface area contributed by atoms with E-state index in [0.29, 0.717) is 5.56 Å². The molecule has 0 amide bonds. The summed E-state index contributed by atoms with van der Waals surface area (Å²) in [5.74, 6) is -0.295. The van der Waals surface area contributed by atoms with Crippen LogP contribution in [0.5, 0.6) is 0 Å². The van der Waals surface area contributed by atoms with Crippen LogP contribution in [0.1, 0.15) is 20.8 Å². The lowest BCUT2D eigenvalue weighted by Gasteiger charge is -2.07. The number of carbonyl (C=O) groups is 1. The summed E-state index contributed by atoms with van der Waals surface area (Å²) in [7, 11) is 1.41. The number of esters is 1. The first-order chi connectivity index (χ1) is 10.1. The Morgan fingerprint density at radius 3 is 2.57 bits per heavy atom. The molecule has 0 saturated carbocycles. The van der Waals surface area contributed by atoms with Crippen LogP contribution in [0.3, 0.4) is 0 Å². The Kier molecular flexibility index (Phi) is 3.52. The van der Waals surface area contributed by atoms with Crippen molar-refractivity contribution in [3.63, 3.8) is 0 Å². The normalized spacial score (nSPS) is 10.8. The molecule has 0 spiro atoms. The van der Waals surface area contributed by atoms with Gasteiger partial charge in [-0.3, -0.25) is 0 Å². The van der Waals surface area contributed by atoms with Gasteiger partial charge < -0.3 is 4.74 Å². The molecule has 1 heterocycles. The molecule has 2 aromatic carbocycles. The summed E-state index contributed by atoms with van der Waals surface area (Å²) in [5.41, 5.74) is 4.28. The summed E-state index contributed by atoms with van der Waals surface area (Å²) in [6.45, 7) is 4.24. The van der Waals surface area contributed by atoms with Gasteiger partial charge in [0, 0.05) is 20.5 Å². The number of carbonyl (C=O) groups excluding carboxylic acids is 1. The maximum Gasteiger partial charge on any atom is 0.337 e. The van der Waals surface area contributed by atoms with Crippen molar-refractivity contribution in [1.29, 1.82) is 0 Å². The van der Waals surface area contributed by atoms with E-state index in [0.717, 1.165) is 5.39 Å². The van der Waals surface area contributed by atoms with Gasteiger partial charge in [0.25, 0.3) is 0 Å². The van der Waals surface area contributed by atoms with Crippen LogP contribution in [0, 0.1) is 13.8 Å². The Labute approximate surface area is 128 Å². The highest BCUT2D eigenvalue weighted by molar-refractivity contribution is 7.19. The van der Waals surface area contributed by atoms with E-state index in [1.807, 2.05) is 24.3 Å². The molecule has 0 aliphatic heterocycles. The molecule has 0 fully saturated rings. The minimum absolute atomic E-state index is 0.295. The zero-order valence-corrected chi connectivity index (χ0v) is 13.1. The topological polar surface area (TPSA) is 26.3 Å². The van der Waals surface area contributed by atoms with Gasteiger partial charge >= 0.3 is 5.97 Å². The smallest absolute Gasteiger partial charge is 0.337 e. The number of hydrogen-bond donors (Lipinski definition) is 0. The van der Waals surface area contributed by atoms with Crippen LogP contribution in [0.2, 0.25) is 0 Å². The summed E-state index contributed by atoms with van der Waals surface area (Å²) in [6, 6.07) is 14.1. The first-order valence-electron chi connectivity index (χ1n) is 6.79. The predicted octanol–water partition coefficient (Wildman–Crippen LogP) is 4.97. The molecule has 3 heteroatoms. The first kappa shape index (κ1) is 13.8. The van der Waals surface area contributed by atoms with Gasteiger partial charge in [-0.15, -0.1) is 11.3 Å². The van der Waals surface area contributed by atoms with Crippen molar-refractivity contribution in [2.75, 3.05) is 7.11 Å². The van der Waals surface area contributed by atoms with Crippen LogP contribution in [-0.4, -0.2) is 13.1 Å². The van der Waals surface area contributed by atoms with Crippen molar-refractivity contribution < 1.29 is 9.53 Å². The summed E-state index contributed by atoms with van der Waals surface area (Å²) >= 11 is 1.76. The molecule has 0 saturated heterocycles. The summed E-state index contributed by atoms with van der Waals surface area (Å²) in [4.78, 5) is 13.0. The number of fused-ring (bicyclic) bond motifs is 1. The van der Waals surface area contributed by atoms with E-state index >= 15 is 0 Å². The molecule has 2 nitrogen and oxygen atoms in total. The molecule has 0 atom stereocenters. The first-order valence-corrected chi connectivity index (χ1v) is 7.61. The van der Waals surface area contributed by atoms with E-state index in [9.17, 15) is 4.79 Å². The largest absolute Gasteiger partial charge is 0.465 e. The van der Waals surface area contributed by atoms with Crippen LogP contribution in [0.4, 0.5) is 0 Å². The Morgan fingerprint density at radius 2 is 1.86 bits per heavy atom. The average molecular weight is 296 g/mol. The Hall–Kier alpha value is -2.13. The second-order valence-electron chi connectivity index (χ2n) is 5.05. The van der Waals surface area contributed by atoms with Gasteiger partial charge in [0.05, 0.1) is 12.7 Å². The molecule has 21 heavy (non-hydrogen) atoms. The minimum Gasteiger partial charge on any atom is -0.465 e. The molecular formula is C18H16O2S. The predicted molar refractivity (Wildman–Crippen MR) is 88.1 cm³/mol. The highest BCUT2D eigenvalue weighted by Gasteiger charge is 2.15. The summed E-state index contributed by atoms with van der Waals surface area (Å²) < 4.78 is 6.02. The monoisotopic (exact) mass is 296 g/mol. The number of hydrogen-bond acceptors (Lipinski definition) is 3. The van der Waals surface area contributed by atoms with Crippen molar-refractivity contribution in [3.8, 4) is 11.1 Å². The fourth-order valence-corrected chi connectivity index (χ4v) is 3.71. The molecular weight excluding hydrogens is 280 g/mol. The Balaban J connectivity index is 2.29. The van der Waals surface area contributed by atoms with E-state index in [4.69, 9.17) is 4.74 Å². The molecule has 0 radical (unpaired) electrons. The van der Waals surface area contributed by atoms with Gasteiger partial charge in [0.2, 0.25) is 0 Å². The number of methoxy groups -OCH3 is 1. The zero-order chi connectivity index (χ0) is 15.0. The van der Waals surface area contributed by atoms with Gasteiger partial charge in [0.15, 0.2) is 0 Å². The highest BCUT2D eigenvalue weighted by atomic mass is 32.1. The van der Waals surface area contributed by atoms with Gasteiger partial charge in [-0.05, 0) is 43.2 Å². The molecule has 3 aromatic rings. The highest BCUT2D eigenvalue weighted by Crippen LogP contribution is 2.39. The molecule has 106 valence electrons. The van der Waals surface area contributed by atoms with E-state index in [-0.39, 0.29) is 5.97 Å². The minimum atomic E-state index is -0.295. The fraction of sp³-hybridized carbons (Fsp3) is 0.167. The molecule has 1 aromatic heterocycles. The molecule has 0 N–H and O–H groups in total. The SMILES string of the molecule is COC(=O)c1ccc2sc(C)c(-c3ccccc3C)c2c1. The number of thiophene rings is 1. The molecule has 0 unspecified atom stereocenters. The third-order valence-corrected chi connectivity index (χ3v) is 4.79. The number of rotatable bonds is 2. The van der Waals surface area contributed by atoms with Gasteiger partial charge in [-0.1, -0.05) is 24.3 Å². The standard InChI is InChI=1S/C18H16O2S/c1-11-6-4-5-7-14(11)17-12(2)21-16-9-8-13(10-15(16)17)18(19)20-3/h4-10H,1-3H3. The number of benzene rings is 2. The molecule has 0 aliphatic rings. The maximum atomic E-state index is 11.8. The molecule has 0 aliphatic carbocycles.